The number of aryl methyl sites for hydroxylation is 2. The zero-order chi connectivity index (χ0) is 13.8. The number of nitrogens with one attached hydrogen (secondary N) is 1. The molecule has 0 saturated heterocycles. The Kier molecular flexibility index (Phi) is 4.93. The molecule has 3 heteroatoms. The molecule has 0 aliphatic rings. The van der Waals surface area contributed by atoms with Crippen LogP contribution in [0.25, 0.3) is 0 Å². The molecule has 0 saturated carbocycles. The van der Waals surface area contributed by atoms with Gasteiger partial charge in [-0.1, -0.05) is 31.2 Å². The number of nitrogens with zero attached hydrogens (tertiary/aromatic N) is 1. The Hall–Kier alpha value is -0.940. The zero-order valence-corrected chi connectivity index (χ0v) is 13.7. The number of hydrogen-bond acceptors (Lipinski definition) is 2. The van der Waals surface area contributed by atoms with E-state index in [0.717, 1.165) is 6.54 Å². The van der Waals surface area contributed by atoms with Crippen molar-refractivity contribution in [3.05, 3.63) is 62.5 Å². The SMILES string of the molecule is CCNC(c1cncc(C)c1)c1cccc(C)c1I. The lowest BCUT2D eigenvalue weighted by atomic mass is 9.98. The topological polar surface area (TPSA) is 24.9 Å². The van der Waals surface area contributed by atoms with Gasteiger partial charge in [-0.2, -0.15) is 0 Å². The molecule has 19 heavy (non-hydrogen) atoms. The van der Waals surface area contributed by atoms with Gasteiger partial charge in [0.15, 0.2) is 0 Å². The minimum atomic E-state index is 0.212. The highest BCUT2D eigenvalue weighted by atomic mass is 127. The minimum absolute atomic E-state index is 0.212. The quantitative estimate of drug-likeness (QED) is 0.828. The summed E-state index contributed by atoms with van der Waals surface area (Å²) in [6, 6.07) is 8.90. The van der Waals surface area contributed by atoms with E-state index in [0.29, 0.717) is 0 Å². The van der Waals surface area contributed by atoms with Crippen molar-refractivity contribution >= 4 is 22.6 Å². The zero-order valence-electron chi connectivity index (χ0n) is 11.6. The van der Waals surface area contributed by atoms with Crippen molar-refractivity contribution in [2.24, 2.45) is 0 Å². The Bertz CT molecular complexity index is 566. The largest absolute Gasteiger partial charge is 0.306 e. The van der Waals surface area contributed by atoms with Crippen molar-refractivity contribution in [3.8, 4) is 0 Å². The van der Waals surface area contributed by atoms with Gasteiger partial charge in [0.25, 0.3) is 0 Å². The van der Waals surface area contributed by atoms with Gasteiger partial charge < -0.3 is 5.32 Å². The molecule has 2 aromatic rings. The van der Waals surface area contributed by atoms with Crippen LogP contribution in [0.2, 0.25) is 0 Å². The fraction of sp³-hybridized carbons (Fsp3) is 0.312. The van der Waals surface area contributed by atoms with Crippen LogP contribution in [0.4, 0.5) is 0 Å². The third kappa shape index (κ3) is 3.34. The van der Waals surface area contributed by atoms with Crippen LogP contribution in [0.3, 0.4) is 0 Å². The molecule has 1 aromatic carbocycles. The number of hydrogen-bond donors (Lipinski definition) is 1. The van der Waals surface area contributed by atoms with Gasteiger partial charge in [0.1, 0.15) is 0 Å². The third-order valence-electron chi connectivity index (χ3n) is 3.17. The van der Waals surface area contributed by atoms with E-state index < -0.39 is 0 Å². The first-order valence-corrected chi connectivity index (χ1v) is 7.61. The van der Waals surface area contributed by atoms with Crippen molar-refractivity contribution in [2.75, 3.05) is 6.54 Å². The first-order valence-electron chi connectivity index (χ1n) is 6.53. The Morgan fingerprint density at radius 2 is 2.05 bits per heavy atom. The summed E-state index contributed by atoms with van der Waals surface area (Å²) in [5.74, 6) is 0. The van der Waals surface area contributed by atoms with Crippen LogP contribution >= 0.6 is 22.6 Å². The van der Waals surface area contributed by atoms with Gasteiger partial charge >= 0.3 is 0 Å². The lowest BCUT2D eigenvalue weighted by molar-refractivity contribution is 0.625. The van der Waals surface area contributed by atoms with Gasteiger partial charge in [0, 0.05) is 16.0 Å². The van der Waals surface area contributed by atoms with Crippen molar-refractivity contribution in [3.63, 3.8) is 0 Å². The molecule has 0 radical (unpaired) electrons. The highest BCUT2D eigenvalue weighted by Crippen LogP contribution is 2.28. The molecule has 0 bridgehead atoms. The summed E-state index contributed by atoms with van der Waals surface area (Å²) < 4.78 is 1.33. The summed E-state index contributed by atoms with van der Waals surface area (Å²) in [5, 5.41) is 3.57. The van der Waals surface area contributed by atoms with E-state index in [1.54, 1.807) is 0 Å². The molecule has 2 nitrogen and oxygen atoms in total. The molecule has 1 unspecified atom stereocenters. The fourth-order valence-electron chi connectivity index (χ4n) is 2.24. The Morgan fingerprint density at radius 3 is 2.74 bits per heavy atom. The molecular weight excluding hydrogens is 347 g/mol. The molecule has 1 N–H and O–H groups in total. The molecule has 2 rings (SSSR count). The number of pyridine rings is 1. The maximum absolute atomic E-state index is 4.32. The van der Waals surface area contributed by atoms with Crippen LogP contribution in [0.1, 0.15) is 35.2 Å². The smallest absolute Gasteiger partial charge is 0.0602 e. The number of rotatable bonds is 4. The summed E-state index contributed by atoms with van der Waals surface area (Å²) in [4.78, 5) is 4.32. The van der Waals surface area contributed by atoms with Gasteiger partial charge in [-0.15, -0.1) is 0 Å². The Morgan fingerprint density at radius 1 is 1.26 bits per heavy atom. The van der Waals surface area contributed by atoms with Crippen molar-refractivity contribution in [2.45, 2.75) is 26.8 Å². The van der Waals surface area contributed by atoms with Gasteiger partial charge in [-0.05, 0) is 65.2 Å². The van der Waals surface area contributed by atoms with Crippen LogP contribution < -0.4 is 5.32 Å². The van der Waals surface area contributed by atoms with E-state index in [1.165, 1.54) is 25.8 Å². The second-order valence-electron chi connectivity index (χ2n) is 4.76. The molecule has 1 heterocycles. The second-order valence-corrected chi connectivity index (χ2v) is 5.84. The average Bonchev–Trinajstić information content (AvgIpc) is 2.40. The lowest BCUT2D eigenvalue weighted by Gasteiger charge is -2.21. The predicted octanol–water partition coefficient (Wildman–Crippen LogP) is 4.00. The number of aromatic nitrogens is 1. The van der Waals surface area contributed by atoms with E-state index in [1.807, 2.05) is 12.4 Å². The van der Waals surface area contributed by atoms with Crippen molar-refractivity contribution in [1.82, 2.24) is 10.3 Å². The molecule has 1 atom stereocenters. The summed E-state index contributed by atoms with van der Waals surface area (Å²) in [6.07, 6.45) is 3.85. The van der Waals surface area contributed by atoms with Gasteiger partial charge in [0.2, 0.25) is 0 Å². The number of halogens is 1. The molecule has 0 fully saturated rings. The van der Waals surface area contributed by atoms with Crippen molar-refractivity contribution < 1.29 is 0 Å². The highest BCUT2D eigenvalue weighted by Gasteiger charge is 2.16. The minimum Gasteiger partial charge on any atom is -0.306 e. The summed E-state index contributed by atoms with van der Waals surface area (Å²) in [7, 11) is 0. The lowest BCUT2D eigenvalue weighted by Crippen LogP contribution is -2.23. The van der Waals surface area contributed by atoms with Crippen molar-refractivity contribution in [1.29, 1.82) is 0 Å². The Balaban J connectivity index is 2.48. The van der Waals surface area contributed by atoms with E-state index in [-0.39, 0.29) is 6.04 Å². The van der Waals surface area contributed by atoms with Gasteiger partial charge in [-0.25, -0.2) is 0 Å². The van der Waals surface area contributed by atoms with E-state index in [9.17, 15) is 0 Å². The second kappa shape index (κ2) is 6.48. The molecular formula is C16H19IN2. The maximum atomic E-state index is 4.32. The summed E-state index contributed by atoms with van der Waals surface area (Å²) in [5.41, 5.74) is 5.07. The van der Waals surface area contributed by atoms with Crippen LogP contribution in [0, 0.1) is 17.4 Å². The first-order chi connectivity index (χ1) is 9.13. The normalized spacial score (nSPS) is 12.4. The summed E-state index contributed by atoms with van der Waals surface area (Å²) >= 11 is 2.43. The molecule has 0 aliphatic heterocycles. The van der Waals surface area contributed by atoms with Gasteiger partial charge in [0.05, 0.1) is 6.04 Å². The fourth-order valence-corrected chi connectivity index (χ4v) is 2.91. The van der Waals surface area contributed by atoms with Gasteiger partial charge in [-0.3, -0.25) is 4.98 Å². The first kappa shape index (κ1) is 14.5. The Labute approximate surface area is 128 Å². The third-order valence-corrected chi connectivity index (χ3v) is 4.64. The number of benzene rings is 1. The molecule has 0 spiro atoms. The molecule has 1 aromatic heterocycles. The van der Waals surface area contributed by atoms with Crippen LogP contribution in [-0.4, -0.2) is 11.5 Å². The predicted molar refractivity (Wildman–Crippen MR) is 88.4 cm³/mol. The van der Waals surface area contributed by atoms with E-state index in [4.69, 9.17) is 0 Å². The summed E-state index contributed by atoms with van der Waals surface area (Å²) in [6.45, 7) is 7.31. The average molecular weight is 366 g/mol. The molecule has 100 valence electrons. The highest BCUT2D eigenvalue weighted by molar-refractivity contribution is 14.1. The van der Waals surface area contributed by atoms with Crippen LogP contribution in [0.5, 0.6) is 0 Å². The molecule has 0 aliphatic carbocycles. The van der Waals surface area contributed by atoms with Crippen LogP contribution in [0.15, 0.2) is 36.7 Å². The van der Waals surface area contributed by atoms with E-state index >= 15 is 0 Å². The van der Waals surface area contributed by atoms with E-state index in [2.05, 4.69) is 77.9 Å². The maximum Gasteiger partial charge on any atom is 0.0602 e. The van der Waals surface area contributed by atoms with Crippen LogP contribution in [-0.2, 0) is 0 Å². The monoisotopic (exact) mass is 366 g/mol. The standard InChI is InChI=1S/C16H19IN2/c1-4-19-16(13-8-11(2)9-18-10-13)14-7-5-6-12(3)15(14)17/h5-10,16,19H,4H2,1-3H3. The molecule has 0 amide bonds.